The summed E-state index contributed by atoms with van der Waals surface area (Å²) in [4.78, 5) is 10.5. The Morgan fingerprint density at radius 3 is 2.17 bits per heavy atom. The molecule has 1 N–H and O–H groups in total. The van der Waals surface area contributed by atoms with Crippen LogP contribution in [0, 0.1) is 0 Å². The normalized spacial score (nSPS) is 16.8. The Bertz CT molecular complexity index is 173. The van der Waals surface area contributed by atoms with Crippen molar-refractivity contribution in [3.05, 3.63) is 0 Å². The number of aliphatic hydroxyl groups is 1. The molecule has 0 rings (SSSR count). The zero-order chi connectivity index (χ0) is 9.99. The van der Waals surface area contributed by atoms with Crippen molar-refractivity contribution >= 4 is 5.97 Å². The van der Waals surface area contributed by atoms with Crippen molar-refractivity contribution < 1.29 is 27.8 Å². The fourth-order valence-electron chi connectivity index (χ4n) is 0.387. The highest BCUT2D eigenvalue weighted by atomic mass is 19.4. The van der Waals surface area contributed by atoms with E-state index in [0.717, 1.165) is 0 Å². The van der Waals surface area contributed by atoms with Crippen molar-refractivity contribution in [2.24, 2.45) is 0 Å². The molecule has 12 heavy (non-hydrogen) atoms. The first-order chi connectivity index (χ1) is 5.23. The SMILES string of the molecule is CCOC(=O)[C@](C)(O)C(F)(F)F. The molecule has 0 aromatic carbocycles. The summed E-state index contributed by atoms with van der Waals surface area (Å²) in [6.45, 7) is 1.50. The number of carbonyl (C=O) groups excluding carboxylic acids is 1. The Kier molecular flexibility index (Phi) is 3.09. The van der Waals surface area contributed by atoms with Crippen molar-refractivity contribution in [2.45, 2.75) is 25.6 Å². The summed E-state index contributed by atoms with van der Waals surface area (Å²) in [5, 5.41) is 8.65. The first-order valence-corrected chi connectivity index (χ1v) is 3.19. The van der Waals surface area contributed by atoms with E-state index in [1.165, 1.54) is 6.92 Å². The molecule has 0 amide bonds. The molecule has 0 bridgehead atoms. The molecular weight excluding hydrogens is 177 g/mol. The van der Waals surface area contributed by atoms with E-state index in [1.807, 2.05) is 0 Å². The summed E-state index contributed by atoms with van der Waals surface area (Å²) in [6.07, 6.45) is -5.00. The molecule has 0 aliphatic carbocycles. The molecule has 72 valence electrons. The summed E-state index contributed by atoms with van der Waals surface area (Å²) in [5.41, 5.74) is -3.41. The molecule has 0 saturated carbocycles. The van der Waals surface area contributed by atoms with Gasteiger partial charge in [-0.2, -0.15) is 13.2 Å². The van der Waals surface area contributed by atoms with E-state index in [4.69, 9.17) is 5.11 Å². The second kappa shape index (κ2) is 3.30. The fraction of sp³-hybridized carbons (Fsp3) is 0.833. The molecule has 0 fully saturated rings. The Labute approximate surface area is 67.1 Å². The molecule has 0 aromatic heterocycles. The van der Waals surface area contributed by atoms with E-state index >= 15 is 0 Å². The lowest BCUT2D eigenvalue weighted by atomic mass is 10.1. The Morgan fingerprint density at radius 2 is 1.92 bits per heavy atom. The molecule has 0 radical (unpaired) electrons. The van der Waals surface area contributed by atoms with Crippen molar-refractivity contribution in [1.82, 2.24) is 0 Å². The van der Waals surface area contributed by atoms with Gasteiger partial charge in [0.1, 0.15) is 0 Å². The van der Waals surface area contributed by atoms with E-state index in [0.29, 0.717) is 6.92 Å². The number of carbonyl (C=O) groups is 1. The third-order valence-electron chi connectivity index (χ3n) is 1.22. The summed E-state index contributed by atoms with van der Waals surface area (Å²) in [5.74, 6) is -1.68. The van der Waals surface area contributed by atoms with Gasteiger partial charge in [0.2, 0.25) is 0 Å². The lowest BCUT2D eigenvalue weighted by Gasteiger charge is -2.23. The van der Waals surface area contributed by atoms with Gasteiger partial charge >= 0.3 is 12.1 Å². The fourth-order valence-corrected chi connectivity index (χ4v) is 0.387. The number of alkyl halides is 3. The van der Waals surface area contributed by atoms with Crippen LogP contribution in [0.1, 0.15) is 13.8 Å². The van der Waals surface area contributed by atoms with Crippen molar-refractivity contribution in [3.8, 4) is 0 Å². The molecule has 0 heterocycles. The van der Waals surface area contributed by atoms with Crippen LogP contribution in [0.2, 0.25) is 0 Å². The Balaban J connectivity index is 4.50. The minimum atomic E-state index is -5.00. The number of hydrogen-bond donors (Lipinski definition) is 1. The van der Waals surface area contributed by atoms with Crippen LogP contribution in [-0.4, -0.2) is 29.5 Å². The second-order valence-corrected chi connectivity index (χ2v) is 2.29. The lowest BCUT2D eigenvalue weighted by Crippen LogP contribution is -2.50. The van der Waals surface area contributed by atoms with Crippen molar-refractivity contribution in [3.63, 3.8) is 0 Å². The van der Waals surface area contributed by atoms with Gasteiger partial charge < -0.3 is 9.84 Å². The van der Waals surface area contributed by atoms with Gasteiger partial charge in [0.05, 0.1) is 6.61 Å². The Hall–Kier alpha value is -0.780. The van der Waals surface area contributed by atoms with Gasteiger partial charge in [-0.15, -0.1) is 0 Å². The molecule has 1 atom stereocenters. The maximum Gasteiger partial charge on any atom is 0.427 e. The van der Waals surface area contributed by atoms with E-state index < -0.39 is 17.7 Å². The summed E-state index contributed by atoms with van der Waals surface area (Å²) in [6, 6.07) is 0. The third kappa shape index (κ3) is 2.10. The van der Waals surface area contributed by atoms with E-state index in [9.17, 15) is 18.0 Å². The lowest BCUT2D eigenvalue weighted by molar-refractivity contribution is -0.256. The molecular formula is C6H9F3O3. The predicted octanol–water partition coefficient (Wildman–Crippen LogP) is 0.863. The van der Waals surface area contributed by atoms with Gasteiger partial charge in [-0.3, -0.25) is 0 Å². The molecule has 6 heteroatoms. The topological polar surface area (TPSA) is 46.5 Å². The highest BCUT2D eigenvalue weighted by Gasteiger charge is 2.57. The zero-order valence-electron chi connectivity index (χ0n) is 6.60. The maximum absolute atomic E-state index is 11.9. The quantitative estimate of drug-likeness (QED) is 0.650. The average Bonchev–Trinajstić information content (AvgIpc) is 1.85. The minimum absolute atomic E-state index is 0.203. The summed E-state index contributed by atoms with van der Waals surface area (Å²) in [7, 11) is 0. The third-order valence-corrected chi connectivity index (χ3v) is 1.22. The second-order valence-electron chi connectivity index (χ2n) is 2.29. The summed E-state index contributed by atoms with van der Waals surface area (Å²) < 4.78 is 39.6. The van der Waals surface area contributed by atoms with Gasteiger partial charge in [-0.1, -0.05) is 0 Å². The molecule has 0 spiro atoms. The van der Waals surface area contributed by atoms with Crippen LogP contribution >= 0.6 is 0 Å². The van der Waals surface area contributed by atoms with Gasteiger partial charge in [-0.05, 0) is 13.8 Å². The molecule has 0 aliphatic rings. The van der Waals surface area contributed by atoms with Crippen LogP contribution in [0.3, 0.4) is 0 Å². The molecule has 3 nitrogen and oxygen atoms in total. The molecule has 0 unspecified atom stereocenters. The van der Waals surface area contributed by atoms with Gasteiger partial charge in [-0.25, -0.2) is 4.79 Å². The van der Waals surface area contributed by atoms with Crippen LogP contribution in [-0.2, 0) is 9.53 Å². The maximum atomic E-state index is 11.9. The van der Waals surface area contributed by atoms with Crippen LogP contribution in [0.25, 0.3) is 0 Å². The van der Waals surface area contributed by atoms with Crippen molar-refractivity contribution in [2.75, 3.05) is 6.61 Å². The van der Waals surface area contributed by atoms with Gasteiger partial charge in [0.15, 0.2) is 0 Å². The number of ether oxygens (including phenoxy) is 1. The van der Waals surface area contributed by atoms with Gasteiger partial charge in [0, 0.05) is 0 Å². The van der Waals surface area contributed by atoms with Crippen LogP contribution in [0.4, 0.5) is 13.2 Å². The number of hydrogen-bond acceptors (Lipinski definition) is 3. The molecule has 0 saturated heterocycles. The van der Waals surface area contributed by atoms with Crippen LogP contribution in [0.5, 0.6) is 0 Å². The van der Waals surface area contributed by atoms with Crippen LogP contribution < -0.4 is 0 Å². The first-order valence-electron chi connectivity index (χ1n) is 3.19. The van der Waals surface area contributed by atoms with Crippen molar-refractivity contribution in [1.29, 1.82) is 0 Å². The first kappa shape index (κ1) is 11.2. The minimum Gasteiger partial charge on any atom is -0.464 e. The van der Waals surface area contributed by atoms with E-state index in [2.05, 4.69) is 4.74 Å². The molecule has 0 aromatic rings. The largest absolute Gasteiger partial charge is 0.464 e. The number of halogens is 3. The van der Waals surface area contributed by atoms with Crippen LogP contribution in [0.15, 0.2) is 0 Å². The standard InChI is InChI=1S/C6H9F3O3/c1-3-12-4(10)5(2,11)6(7,8)9/h11H,3H2,1-2H3/t5-/m0/s1. The molecule has 0 aliphatic heterocycles. The monoisotopic (exact) mass is 186 g/mol. The smallest absolute Gasteiger partial charge is 0.427 e. The average molecular weight is 186 g/mol. The highest BCUT2D eigenvalue weighted by Crippen LogP contribution is 2.30. The summed E-state index contributed by atoms with van der Waals surface area (Å²) >= 11 is 0. The Morgan fingerprint density at radius 1 is 1.50 bits per heavy atom. The highest BCUT2D eigenvalue weighted by molar-refractivity contribution is 5.79. The van der Waals surface area contributed by atoms with E-state index in [-0.39, 0.29) is 6.61 Å². The number of rotatable bonds is 2. The predicted molar refractivity (Wildman–Crippen MR) is 33.3 cm³/mol. The van der Waals surface area contributed by atoms with Gasteiger partial charge in [0.25, 0.3) is 5.60 Å². The zero-order valence-corrected chi connectivity index (χ0v) is 6.60. The van der Waals surface area contributed by atoms with E-state index in [1.54, 1.807) is 0 Å². The number of esters is 1.